The lowest BCUT2D eigenvalue weighted by molar-refractivity contribution is -0.120. The standard InChI is InChI=1S/C24H19ClN2O3/c1-15-8-11-18(12-9-15)27-23(28)21(16-6-4-3-5-7-16)22(24(27)29)26-17-10-13-20(30-2)19(25)14-17/h3-14,26H,1-2H3. The molecule has 5 nitrogen and oxygen atoms in total. The van der Waals surface area contributed by atoms with Gasteiger partial charge in [0.25, 0.3) is 11.8 Å². The molecule has 3 aromatic carbocycles. The summed E-state index contributed by atoms with van der Waals surface area (Å²) in [4.78, 5) is 27.8. The maximum absolute atomic E-state index is 13.3. The normalized spacial score (nSPS) is 13.8. The van der Waals surface area contributed by atoms with Crippen molar-refractivity contribution in [3.05, 3.63) is 94.6 Å². The van der Waals surface area contributed by atoms with Crippen LogP contribution in [-0.2, 0) is 9.59 Å². The van der Waals surface area contributed by atoms with Gasteiger partial charge in [-0.1, -0.05) is 59.6 Å². The van der Waals surface area contributed by atoms with Crippen LogP contribution >= 0.6 is 11.6 Å². The summed E-state index contributed by atoms with van der Waals surface area (Å²) in [5.41, 5.74) is 3.32. The van der Waals surface area contributed by atoms with Crippen LogP contribution < -0.4 is 15.0 Å². The zero-order valence-electron chi connectivity index (χ0n) is 16.5. The Labute approximate surface area is 179 Å². The third kappa shape index (κ3) is 3.55. The van der Waals surface area contributed by atoms with E-state index in [-0.39, 0.29) is 11.6 Å². The first-order valence-corrected chi connectivity index (χ1v) is 9.73. The first-order valence-electron chi connectivity index (χ1n) is 9.35. The van der Waals surface area contributed by atoms with E-state index in [9.17, 15) is 9.59 Å². The highest BCUT2D eigenvalue weighted by molar-refractivity contribution is 6.46. The van der Waals surface area contributed by atoms with Crippen molar-refractivity contribution in [2.24, 2.45) is 0 Å². The van der Waals surface area contributed by atoms with Gasteiger partial charge in [-0.25, -0.2) is 4.90 Å². The van der Waals surface area contributed by atoms with Gasteiger partial charge in [0.15, 0.2) is 0 Å². The number of aryl methyl sites for hydroxylation is 1. The van der Waals surface area contributed by atoms with E-state index in [2.05, 4.69) is 5.32 Å². The summed E-state index contributed by atoms with van der Waals surface area (Å²) >= 11 is 6.23. The molecule has 0 saturated heterocycles. The molecule has 1 aliphatic rings. The molecule has 0 bridgehead atoms. The number of halogens is 1. The molecule has 1 N–H and O–H groups in total. The maximum Gasteiger partial charge on any atom is 0.282 e. The van der Waals surface area contributed by atoms with E-state index in [1.807, 2.05) is 49.4 Å². The van der Waals surface area contributed by atoms with Crippen LogP contribution in [0.5, 0.6) is 5.75 Å². The highest BCUT2D eigenvalue weighted by Crippen LogP contribution is 2.35. The summed E-state index contributed by atoms with van der Waals surface area (Å²) in [6.45, 7) is 1.95. The number of nitrogens with zero attached hydrogens (tertiary/aromatic N) is 1. The molecular formula is C24H19ClN2O3. The average Bonchev–Trinajstić information content (AvgIpc) is 2.99. The number of carbonyl (C=O) groups excluding carboxylic acids is 2. The first-order chi connectivity index (χ1) is 14.5. The van der Waals surface area contributed by atoms with E-state index in [1.165, 1.54) is 12.0 Å². The van der Waals surface area contributed by atoms with Crippen molar-refractivity contribution in [1.29, 1.82) is 0 Å². The van der Waals surface area contributed by atoms with E-state index in [4.69, 9.17) is 16.3 Å². The average molecular weight is 419 g/mol. The summed E-state index contributed by atoms with van der Waals surface area (Å²) in [7, 11) is 1.53. The lowest BCUT2D eigenvalue weighted by Crippen LogP contribution is -2.32. The second kappa shape index (κ2) is 8.05. The van der Waals surface area contributed by atoms with Gasteiger partial charge in [-0.15, -0.1) is 0 Å². The van der Waals surface area contributed by atoms with Crippen LogP contribution in [0.2, 0.25) is 5.02 Å². The van der Waals surface area contributed by atoms with Crippen LogP contribution in [0.1, 0.15) is 11.1 Å². The highest BCUT2D eigenvalue weighted by atomic mass is 35.5. The van der Waals surface area contributed by atoms with Gasteiger partial charge in [0.2, 0.25) is 0 Å². The number of ether oxygens (including phenoxy) is 1. The van der Waals surface area contributed by atoms with Gasteiger partial charge in [0.05, 0.1) is 23.4 Å². The number of methoxy groups -OCH3 is 1. The number of hydrogen-bond acceptors (Lipinski definition) is 4. The predicted molar refractivity (Wildman–Crippen MR) is 119 cm³/mol. The minimum Gasteiger partial charge on any atom is -0.495 e. The van der Waals surface area contributed by atoms with E-state index in [0.717, 1.165) is 5.56 Å². The predicted octanol–water partition coefficient (Wildman–Crippen LogP) is 5.05. The number of amides is 2. The number of carbonyl (C=O) groups is 2. The fraction of sp³-hybridized carbons (Fsp3) is 0.0833. The maximum atomic E-state index is 13.3. The molecule has 0 spiro atoms. The van der Waals surface area contributed by atoms with Crippen LogP contribution in [0.3, 0.4) is 0 Å². The lowest BCUT2D eigenvalue weighted by Gasteiger charge is -2.15. The molecular weight excluding hydrogens is 400 g/mol. The largest absolute Gasteiger partial charge is 0.495 e. The Morgan fingerprint density at radius 3 is 2.23 bits per heavy atom. The molecule has 1 aliphatic heterocycles. The molecule has 0 atom stereocenters. The quantitative estimate of drug-likeness (QED) is 0.589. The third-order valence-corrected chi connectivity index (χ3v) is 5.16. The van der Waals surface area contributed by atoms with Crippen molar-refractivity contribution >= 4 is 40.4 Å². The SMILES string of the molecule is COc1ccc(NC2=C(c3ccccc3)C(=O)N(c3ccc(C)cc3)C2=O)cc1Cl. The van der Waals surface area contributed by atoms with Crippen LogP contribution in [0, 0.1) is 6.92 Å². The zero-order valence-corrected chi connectivity index (χ0v) is 17.2. The van der Waals surface area contributed by atoms with Gasteiger partial charge < -0.3 is 10.1 Å². The number of nitrogens with one attached hydrogen (secondary N) is 1. The van der Waals surface area contributed by atoms with E-state index >= 15 is 0 Å². The Bertz CT molecular complexity index is 1150. The molecule has 6 heteroatoms. The van der Waals surface area contributed by atoms with Crippen molar-refractivity contribution in [2.75, 3.05) is 17.3 Å². The van der Waals surface area contributed by atoms with E-state index in [1.54, 1.807) is 30.3 Å². The molecule has 0 aliphatic carbocycles. The number of benzene rings is 3. The molecule has 3 aromatic rings. The Hall–Kier alpha value is -3.57. The van der Waals surface area contributed by atoms with Gasteiger partial charge in [0, 0.05) is 5.69 Å². The number of rotatable bonds is 5. The molecule has 4 rings (SSSR count). The minimum absolute atomic E-state index is 0.202. The van der Waals surface area contributed by atoms with Crippen molar-refractivity contribution in [2.45, 2.75) is 6.92 Å². The van der Waals surface area contributed by atoms with Gasteiger partial charge in [-0.2, -0.15) is 0 Å². The molecule has 2 amide bonds. The molecule has 0 aromatic heterocycles. The second-order valence-corrected chi connectivity index (χ2v) is 7.28. The summed E-state index contributed by atoms with van der Waals surface area (Å²) in [6, 6.07) is 21.5. The molecule has 30 heavy (non-hydrogen) atoms. The van der Waals surface area contributed by atoms with Gasteiger partial charge >= 0.3 is 0 Å². The van der Waals surface area contributed by atoms with E-state index in [0.29, 0.717) is 33.3 Å². The van der Waals surface area contributed by atoms with Gasteiger partial charge in [-0.3, -0.25) is 9.59 Å². The van der Waals surface area contributed by atoms with Crippen molar-refractivity contribution in [3.8, 4) is 5.75 Å². The fourth-order valence-electron chi connectivity index (χ4n) is 3.34. The monoisotopic (exact) mass is 418 g/mol. The van der Waals surface area contributed by atoms with Gasteiger partial charge in [-0.05, 0) is 42.8 Å². The third-order valence-electron chi connectivity index (χ3n) is 4.86. The molecule has 0 saturated carbocycles. The number of hydrogen-bond donors (Lipinski definition) is 1. The fourth-order valence-corrected chi connectivity index (χ4v) is 3.59. The van der Waals surface area contributed by atoms with Crippen molar-refractivity contribution in [1.82, 2.24) is 0 Å². The molecule has 1 heterocycles. The zero-order chi connectivity index (χ0) is 21.3. The molecule has 0 radical (unpaired) electrons. The van der Waals surface area contributed by atoms with Crippen molar-refractivity contribution in [3.63, 3.8) is 0 Å². The summed E-state index contributed by atoms with van der Waals surface area (Å²) < 4.78 is 5.18. The summed E-state index contributed by atoms with van der Waals surface area (Å²) in [5, 5.41) is 3.50. The minimum atomic E-state index is -0.422. The Balaban J connectivity index is 1.79. The molecule has 150 valence electrons. The Kier molecular flexibility index (Phi) is 5.29. The van der Waals surface area contributed by atoms with Crippen LogP contribution in [0.15, 0.2) is 78.5 Å². The van der Waals surface area contributed by atoms with Gasteiger partial charge in [0.1, 0.15) is 11.4 Å². The van der Waals surface area contributed by atoms with E-state index < -0.39 is 5.91 Å². The number of imide groups is 1. The Morgan fingerprint density at radius 2 is 1.60 bits per heavy atom. The van der Waals surface area contributed by atoms with Crippen molar-refractivity contribution < 1.29 is 14.3 Å². The molecule has 0 unspecified atom stereocenters. The Morgan fingerprint density at radius 1 is 0.900 bits per heavy atom. The first kappa shape index (κ1) is 19.7. The van der Waals surface area contributed by atoms with Crippen LogP contribution in [-0.4, -0.2) is 18.9 Å². The summed E-state index contributed by atoms with van der Waals surface area (Å²) in [5.74, 6) is -0.276. The lowest BCUT2D eigenvalue weighted by atomic mass is 10.0. The van der Waals surface area contributed by atoms with Crippen LogP contribution in [0.25, 0.3) is 5.57 Å². The topological polar surface area (TPSA) is 58.6 Å². The molecule has 0 fully saturated rings. The summed E-state index contributed by atoms with van der Waals surface area (Å²) in [6.07, 6.45) is 0. The van der Waals surface area contributed by atoms with Crippen LogP contribution in [0.4, 0.5) is 11.4 Å². The number of anilines is 2. The smallest absolute Gasteiger partial charge is 0.282 e. The highest BCUT2D eigenvalue weighted by Gasteiger charge is 2.40. The second-order valence-electron chi connectivity index (χ2n) is 6.87.